The number of anilines is 2. The zero-order chi connectivity index (χ0) is 24.7. The van der Waals surface area contributed by atoms with Crippen molar-refractivity contribution in [2.75, 3.05) is 4.90 Å². The van der Waals surface area contributed by atoms with Crippen LogP contribution >= 0.6 is 0 Å². The number of hydrogen-bond donors (Lipinski definition) is 0. The molecule has 1 aliphatic carbocycles. The van der Waals surface area contributed by atoms with Gasteiger partial charge in [-0.1, -0.05) is 85.5 Å². The largest absolute Gasteiger partial charge is 0.423 e. The molecule has 0 saturated carbocycles. The van der Waals surface area contributed by atoms with Crippen molar-refractivity contribution in [1.29, 1.82) is 0 Å². The molecule has 5 rings (SSSR count). The molecule has 0 heterocycles. The maximum absolute atomic E-state index is 11.3. The fourth-order valence-electron chi connectivity index (χ4n) is 4.38. The number of rotatable bonds is 7. The standard InChI is InChI=1S/C33H27NO2/c1-2-33(35)36-31-22-16-26(17-23-31)13-12-25-14-20-30(21-15-25)34(29-9-4-3-5-10-29)24-28-19-18-27-8-6-7-11-32(27)28/h2-17,20-24H,1,18-19H2. The Balaban J connectivity index is 1.37. The highest BCUT2D eigenvalue weighted by Crippen LogP contribution is 2.35. The summed E-state index contributed by atoms with van der Waals surface area (Å²) in [5.74, 6) is 0.0390. The number of carbonyl (C=O) groups excluding carboxylic acids is 1. The topological polar surface area (TPSA) is 29.5 Å². The number of ether oxygens (including phenoxy) is 1. The summed E-state index contributed by atoms with van der Waals surface area (Å²) in [4.78, 5) is 13.6. The van der Waals surface area contributed by atoms with Gasteiger partial charge in [0, 0.05) is 23.7 Å². The summed E-state index contributed by atoms with van der Waals surface area (Å²) in [6, 6.07) is 35.1. The zero-order valence-corrected chi connectivity index (χ0v) is 20.0. The lowest BCUT2D eigenvalue weighted by Crippen LogP contribution is -2.09. The Morgan fingerprint density at radius 1 is 0.722 bits per heavy atom. The minimum atomic E-state index is -0.462. The fraction of sp³-hybridized carbons (Fsp3) is 0.0606. The molecule has 3 heteroatoms. The van der Waals surface area contributed by atoms with Gasteiger partial charge >= 0.3 is 5.97 Å². The molecule has 0 spiro atoms. The molecule has 0 N–H and O–H groups in total. The predicted molar refractivity (Wildman–Crippen MR) is 149 cm³/mol. The monoisotopic (exact) mass is 469 g/mol. The van der Waals surface area contributed by atoms with Crippen LogP contribution in [0.2, 0.25) is 0 Å². The molecular formula is C33H27NO2. The Hall–Kier alpha value is -4.63. The maximum Gasteiger partial charge on any atom is 0.335 e. The van der Waals surface area contributed by atoms with Gasteiger partial charge in [-0.15, -0.1) is 0 Å². The molecule has 3 nitrogen and oxygen atoms in total. The van der Waals surface area contributed by atoms with E-state index in [-0.39, 0.29) is 0 Å². The lowest BCUT2D eigenvalue weighted by molar-refractivity contribution is -0.128. The molecule has 0 fully saturated rings. The molecule has 0 radical (unpaired) electrons. The van der Waals surface area contributed by atoms with Crippen molar-refractivity contribution in [2.45, 2.75) is 12.8 Å². The van der Waals surface area contributed by atoms with Crippen LogP contribution in [0.3, 0.4) is 0 Å². The molecule has 36 heavy (non-hydrogen) atoms. The van der Waals surface area contributed by atoms with E-state index in [2.05, 4.69) is 96.6 Å². The molecule has 4 aromatic rings. The minimum absolute atomic E-state index is 0.462. The Kier molecular flexibility index (Phi) is 6.90. The number of allylic oxidation sites excluding steroid dienone is 1. The number of carbonyl (C=O) groups is 1. The summed E-state index contributed by atoms with van der Waals surface area (Å²) in [5, 5.41) is 0. The third kappa shape index (κ3) is 5.37. The predicted octanol–water partition coefficient (Wildman–Crippen LogP) is 8.07. The van der Waals surface area contributed by atoms with Gasteiger partial charge in [0.05, 0.1) is 0 Å². The summed E-state index contributed by atoms with van der Waals surface area (Å²) < 4.78 is 5.13. The molecule has 0 amide bonds. The van der Waals surface area contributed by atoms with Crippen LogP contribution in [0.15, 0.2) is 122 Å². The maximum atomic E-state index is 11.3. The lowest BCUT2D eigenvalue weighted by atomic mass is 10.1. The first-order valence-corrected chi connectivity index (χ1v) is 12.1. The van der Waals surface area contributed by atoms with E-state index in [1.54, 1.807) is 12.1 Å². The lowest BCUT2D eigenvalue weighted by Gasteiger charge is -2.22. The second-order valence-electron chi connectivity index (χ2n) is 8.64. The van der Waals surface area contributed by atoms with E-state index in [9.17, 15) is 4.79 Å². The van der Waals surface area contributed by atoms with E-state index in [0.717, 1.165) is 41.4 Å². The van der Waals surface area contributed by atoms with Gasteiger partial charge < -0.3 is 9.64 Å². The van der Waals surface area contributed by atoms with Gasteiger partial charge in [-0.3, -0.25) is 0 Å². The van der Waals surface area contributed by atoms with Crippen molar-refractivity contribution in [3.05, 3.63) is 144 Å². The third-order valence-corrected chi connectivity index (χ3v) is 6.25. The van der Waals surface area contributed by atoms with Crippen LogP contribution in [-0.4, -0.2) is 5.97 Å². The van der Waals surface area contributed by atoms with Gasteiger partial charge in [0.25, 0.3) is 0 Å². The van der Waals surface area contributed by atoms with E-state index in [1.165, 1.54) is 16.7 Å². The first-order valence-electron chi connectivity index (χ1n) is 12.1. The van der Waals surface area contributed by atoms with Crippen LogP contribution in [0, 0.1) is 0 Å². The average Bonchev–Trinajstić information content (AvgIpc) is 3.35. The highest BCUT2D eigenvalue weighted by molar-refractivity contribution is 5.83. The van der Waals surface area contributed by atoms with Gasteiger partial charge in [-0.2, -0.15) is 0 Å². The Labute approximate surface area is 212 Å². The van der Waals surface area contributed by atoms with Gasteiger partial charge in [0.1, 0.15) is 5.75 Å². The van der Waals surface area contributed by atoms with E-state index < -0.39 is 5.97 Å². The normalized spacial score (nSPS) is 13.5. The molecule has 0 unspecified atom stereocenters. The summed E-state index contributed by atoms with van der Waals surface area (Å²) >= 11 is 0. The third-order valence-electron chi connectivity index (χ3n) is 6.25. The van der Waals surface area contributed by atoms with Crippen LogP contribution in [0.5, 0.6) is 5.75 Å². The van der Waals surface area contributed by atoms with Gasteiger partial charge in [-0.05, 0) is 77.1 Å². The van der Waals surface area contributed by atoms with E-state index in [1.807, 2.05) is 24.3 Å². The van der Waals surface area contributed by atoms with Gasteiger partial charge in [-0.25, -0.2) is 4.79 Å². The SMILES string of the molecule is C=CC(=O)Oc1ccc(C=Cc2ccc(N(C=C3CCc4ccccc43)c3ccccc3)cc2)cc1. The van der Waals surface area contributed by atoms with Crippen LogP contribution in [0.25, 0.3) is 17.7 Å². The van der Waals surface area contributed by atoms with E-state index in [4.69, 9.17) is 4.74 Å². The zero-order valence-electron chi connectivity index (χ0n) is 20.0. The van der Waals surface area contributed by atoms with Crippen molar-refractivity contribution in [2.24, 2.45) is 0 Å². The molecule has 176 valence electrons. The summed E-state index contributed by atoms with van der Waals surface area (Å²) in [6.07, 6.45) is 9.70. The number of hydrogen-bond acceptors (Lipinski definition) is 3. The van der Waals surface area contributed by atoms with E-state index in [0.29, 0.717) is 5.75 Å². The smallest absolute Gasteiger partial charge is 0.335 e. The molecule has 0 aliphatic heterocycles. The Morgan fingerprint density at radius 3 is 2.03 bits per heavy atom. The number of esters is 1. The Morgan fingerprint density at radius 2 is 1.33 bits per heavy atom. The molecule has 4 aromatic carbocycles. The van der Waals surface area contributed by atoms with Crippen molar-refractivity contribution < 1.29 is 9.53 Å². The fourth-order valence-corrected chi connectivity index (χ4v) is 4.38. The second kappa shape index (κ2) is 10.7. The molecule has 0 atom stereocenters. The minimum Gasteiger partial charge on any atom is -0.423 e. The number of para-hydroxylation sites is 1. The first kappa shape index (κ1) is 23.1. The van der Waals surface area contributed by atoms with Crippen molar-refractivity contribution >= 4 is 35.1 Å². The summed E-state index contributed by atoms with van der Waals surface area (Å²) in [6.45, 7) is 3.41. The van der Waals surface area contributed by atoms with Gasteiger partial charge in [0.15, 0.2) is 0 Å². The first-order chi connectivity index (χ1) is 17.7. The van der Waals surface area contributed by atoms with Crippen molar-refractivity contribution in [3.63, 3.8) is 0 Å². The highest BCUT2D eigenvalue weighted by Gasteiger charge is 2.17. The van der Waals surface area contributed by atoms with Crippen LogP contribution in [0.1, 0.15) is 28.7 Å². The number of nitrogens with zero attached hydrogens (tertiary/aromatic N) is 1. The molecule has 1 aliphatic rings. The second-order valence-corrected chi connectivity index (χ2v) is 8.64. The molecule has 0 aromatic heterocycles. The highest BCUT2D eigenvalue weighted by atomic mass is 16.5. The molecular weight excluding hydrogens is 442 g/mol. The van der Waals surface area contributed by atoms with Crippen LogP contribution in [-0.2, 0) is 11.2 Å². The quantitative estimate of drug-likeness (QED) is 0.119. The van der Waals surface area contributed by atoms with Gasteiger partial charge in [0.2, 0.25) is 0 Å². The molecule has 0 bridgehead atoms. The summed E-state index contributed by atoms with van der Waals surface area (Å²) in [7, 11) is 0. The van der Waals surface area contributed by atoms with Crippen LogP contribution in [0.4, 0.5) is 11.4 Å². The number of aryl methyl sites for hydroxylation is 1. The summed E-state index contributed by atoms with van der Waals surface area (Å²) in [5.41, 5.74) is 8.51. The number of fused-ring (bicyclic) bond motifs is 1. The van der Waals surface area contributed by atoms with Crippen molar-refractivity contribution in [1.82, 2.24) is 0 Å². The number of benzene rings is 4. The molecule has 0 saturated heterocycles. The van der Waals surface area contributed by atoms with Crippen molar-refractivity contribution in [3.8, 4) is 5.75 Å². The Bertz CT molecular complexity index is 1420. The van der Waals surface area contributed by atoms with E-state index >= 15 is 0 Å². The van der Waals surface area contributed by atoms with Crippen LogP contribution < -0.4 is 9.64 Å². The average molecular weight is 470 g/mol.